The predicted octanol–water partition coefficient (Wildman–Crippen LogP) is 2.95. The maximum absolute atomic E-state index is 12.2. The number of rotatable bonds is 0. The van der Waals surface area contributed by atoms with Gasteiger partial charge in [-0.05, 0) is 67.6 Å². The number of ketones is 1. The highest BCUT2D eigenvalue weighted by Gasteiger charge is 2.64. The highest BCUT2D eigenvalue weighted by atomic mass is 16.6. The average Bonchev–Trinajstić information content (AvgIpc) is 3.18. The van der Waals surface area contributed by atoms with Crippen molar-refractivity contribution in [2.24, 2.45) is 34.5 Å². The SMILES string of the molecule is C[C@]12C[C@H]3O[C@H]3C[C@H]1CC[C@@H]1[C@@H]2CC[C@]2(C)[C@@H](O)C(=O)C[C@@H]12. The van der Waals surface area contributed by atoms with Crippen molar-refractivity contribution in [3.63, 3.8) is 0 Å². The van der Waals surface area contributed by atoms with E-state index >= 15 is 0 Å². The van der Waals surface area contributed by atoms with Gasteiger partial charge in [-0.15, -0.1) is 0 Å². The molecule has 4 aliphatic carbocycles. The number of aliphatic hydroxyl groups is 1. The molecule has 5 aliphatic rings. The molecule has 0 radical (unpaired) electrons. The van der Waals surface area contributed by atoms with Crippen LogP contribution < -0.4 is 0 Å². The lowest BCUT2D eigenvalue weighted by Gasteiger charge is -2.59. The number of epoxide rings is 1. The molecule has 0 bridgehead atoms. The molecule has 1 heterocycles. The first-order chi connectivity index (χ1) is 10.4. The Balaban J connectivity index is 1.49. The number of ether oxygens (including phenoxy) is 1. The van der Waals surface area contributed by atoms with Gasteiger partial charge in [0.15, 0.2) is 5.78 Å². The Morgan fingerprint density at radius 1 is 1.09 bits per heavy atom. The fourth-order valence-corrected chi connectivity index (χ4v) is 7.29. The molecule has 4 saturated carbocycles. The molecule has 1 saturated heterocycles. The molecule has 3 nitrogen and oxygen atoms in total. The van der Waals surface area contributed by atoms with Gasteiger partial charge in [0.1, 0.15) is 6.10 Å². The number of hydrogen-bond donors (Lipinski definition) is 1. The molecule has 9 atom stereocenters. The number of carbonyl (C=O) groups excluding carboxylic acids is 1. The van der Waals surface area contributed by atoms with E-state index in [1.807, 2.05) is 0 Å². The Bertz CT molecular complexity index is 531. The monoisotopic (exact) mass is 304 g/mol. The van der Waals surface area contributed by atoms with Crippen molar-refractivity contribution < 1.29 is 14.6 Å². The van der Waals surface area contributed by atoms with Crippen LogP contribution in [-0.2, 0) is 9.53 Å². The van der Waals surface area contributed by atoms with E-state index in [2.05, 4.69) is 13.8 Å². The number of aliphatic hydroxyl groups excluding tert-OH is 1. The zero-order valence-corrected chi connectivity index (χ0v) is 13.8. The lowest BCUT2D eigenvalue weighted by molar-refractivity contribution is -0.132. The van der Waals surface area contributed by atoms with E-state index in [0.29, 0.717) is 35.9 Å². The number of fused-ring (bicyclic) bond motifs is 6. The van der Waals surface area contributed by atoms with Gasteiger partial charge in [0.05, 0.1) is 12.2 Å². The molecule has 1 N–H and O–H groups in total. The first-order valence-corrected chi connectivity index (χ1v) is 9.30. The molecule has 0 unspecified atom stereocenters. The van der Waals surface area contributed by atoms with Crippen LogP contribution in [0.2, 0.25) is 0 Å². The minimum absolute atomic E-state index is 0.106. The van der Waals surface area contributed by atoms with Crippen LogP contribution in [0.5, 0.6) is 0 Å². The van der Waals surface area contributed by atoms with Crippen LogP contribution in [-0.4, -0.2) is 29.2 Å². The summed E-state index contributed by atoms with van der Waals surface area (Å²) in [6.07, 6.45) is 8.34. The third kappa shape index (κ3) is 1.57. The zero-order chi connectivity index (χ0) is 15.3. The maximum Gasteiger partial charge on any atom is 0.162 e. The van der Waals surface area contributed by atoms with Crippen molar-refractivity contribution in [3.8, 4) is 0 Å². The van der Waals surface area contributed by atoms with Crippen LogP contribution >= 0.6 is 0 Å². The van der Waals surface area contributed by atoms with Crippen molar-refractivity contribution in [1.82, 2.24) is 0 Å². The summed E-state index contributed by atoms with van der Waals surface area (Å²) in [6, 6.07) is 0. The van der Waals surface area contributed by atoms with Gasteiger partial charge < -0.3 is 9.84 Å². The fourth-order valence-electron chi connectivity index (χ4n) is 7.29. The lowest BCUT2D eigenvalue weighted by Crippen LogP contribution is -2.54. The normalized spacial score (nSPS) is 62.7. The van der Waals surface area contributed by atoms with Gasteiger partial charge in [-0.2, -0.15) is 0 Å². The first-order valence-electron chi connectivity index (χ1n) is 9.30. The van der Waals surface area contributed by atoms with Gasteiger partial charge >= 0.3 is 0 Å². The molecule has 5 rings (SSSR count). The van der Waals surface area contributed by atoms with Crippen LogP contribution in [0.25, 0.3) is 0 Å². The van der Waals surface area contributed by atoms with Gasteiger partial charge in [0, 0.05) is 11.8 Å². The third-order valence-corrected chi connectivity index (χ3v) is 8.70. The van der Waals surface area contributed by atoms with Crippen LogP contribution in [0.3, 0.4) is 0 Å². The number of carbonyl (C=O) groups is 1. The van der Waals surface area contributed by atoms with E-state index in [0.717, 1.165) is 18.3 Å². The van der Waals surface area contributed by atoms with Gasteiger partial charge in [0.25, 0.3) is 0 Å². The number of Topliss-reactive ketones (excluding diaryl/α,β-unsaturated/α-hetero) is 1. The van der Waals surface area contributed by atoms with Crippen molar-refractivity contribution in [3.05, 3.63) is 0 Å². The fraction of sp³-hybridized carbons (Fsp3) is 0.947. The molecule has 0 aromatic heterocycles. The Kier molecular flexibility index (Phi) is 2.64. The average molecular weight is 304 g/mol. The molecule has 0 spiro atoms. The molecule has 0 aromatic rings. The van der Waals surface area contributed by atoms with Gasteiger partial charge in [-0.25, -0.2) is 0 Å². The van der Waals surface area contributed by atoms with Gasteiger partial charge in [-0.1, -0.05) is 13.8 Å². The summed E-state index contributed by atoms with van der Waals surface area (Å²) in [4.78, 5) is 12.2. The minimum Gasteiger partial charge on any atom is -0.385 e. The molecule has 3 heteroatoms. The highest BCUT2D eigenvalue weighted by molar-refractivity contribution is 5.86. The quantitative estimate of drug-likeness (QED) is 0.700. The molecule has 0 amide bonds. The largest absolute Gasteiger partial charge is 0.385 e. The maximum atomic E-state index is 12.2. The summed E-state index contributed by atoms with van der Waals surface area (Å²) in [5, 5.41) is 10.4. The van der Waals surface area contributed by atoms with E-state index in [9.17, 15) is 9.90 Å². The van der Waals surface area contributed by atoms with Crippen molar-refractivity contribution in [2.45, 2.75) is 77.1 Å². The van der Waals surface area contributed by atoms with Crippen LogP contribution in [0.4, 0.5) is 0 Å². The molecular weight excluding hydrogens is 276 g/mol. The van der Waals surface area contributed by atoms with Crippen LogP contribution in [0, 0.1) is 34.5 Å². The predicted molar refractivity (Wildman–Crippen MR) is 82.2 cm³/mol. The van der Waals surface area contributed by atoms with Crippen LogP contribution in [0.15, 0.2) is 0 Å². The summed E-state index contributed by atoms with van der Waals surface area (Å²) in [6.45, 7) is 4.70. The van der Waals surface area contributed by atoms with Crippen LogP contribution in [0.1, 0.15) is 58.8 Å². The molecule has 1 aliphatic heterocycles. The molecule has 22 heavy (non-hydrogen) atoms. The summed E-state index contributed by atoms with van der Waals surface area (Å²) in [5.74, 6) is 2.74. The Labute approximate surface area is 132 Å². The van der Waals surface area contributed by atoms with E-state index in [-0.39, 0.29) is 11.2 Å². The molecule has 5 fully saturated rings. The smallest absolute Gasteiger partial charge is 0.162 e. The van der Waals surface area contributed by atoms with E-state index < -0.39 is 6.10 Å². The summed E-state index contributed by atoms with van der Waals surface area (Å²) >= 11 is 0. The van der Waals surface area contributed by atoms with Crippen molar-refractivity contribution >= 4 is 5.78 Å². The topological polar surface area (TPSA) is 49.8 Å². The molecular formula is C19H28O3. The second-order valence-corrected chi connectivity index (χ2v) is 9.43. The summed E-state index contributed by atoms with van der Waals surface area (Å²) in [5.41, 5.74) is 0.271. The number of hydrogen-bond acceptors (Lipinski definition) is 3. The second-order valence-electron chi connectivity index (χ2n) is 9.43. The van der Waals surface area contributed by atoms with Crippen molar-refractivity contribution in [1.29, 1.82) is 0 Å². The van der Waals surface area contributed by atoms with Gasteiger partial charge in [-0.3, -0.25) is 4.79 Å². The highest BCUT2D eigenvalue weighted by Crippen LogP contribution is 2.67. The Hall–Kier alpha value is -0.410. The van der Waals surface area contributed by atoms with Crippen molar-refractivity contribution in [2.75, 3.05) is 0 Å². The summed E-state index contributed by atoms with van der Waals surface area (Å²) in [7, 11) is 0. The minimum atomic E-state index is -0.702. The Morgan fingerprint density at radius 3 is 2.73 bits per heavy atom. The standard InChI is InChI=1S/C19H28O3/c1-18-6-5-12-11(13(18)8-14(20)17(18)21)4-3-10-7-15-16(22-15)9-19(10,12)2/h10-13,15-17,21H,3-9H2,1-2H3/t10-,11-,12+,13+,15+,16-,17+,18+,19+/m1/s1. The first kappa shape index (κ1) is 14.0. The van der Waals surface area contributed by atoms with Gasteiger partial charge in [0.2, 0.25) is 0 Å². The van der Waals surface area contributed by atoms with E-state index in [1.54, 1.807) is 0 Å². The van der Waals surface area contributed by atoms with E-state index in [1.165, 1.54) is 32.1 Å². The second kappa shape index (κ2) is 4.16. The Morgan fingerprint density at radius 2 is 1.91 bits per heavy atom. The van der Waals surface area contributed by atoms with E-state index in [4.69, 9.17) is 4.74 Å². The third-order valence-electron chi connectivity index (χ3n) is 8.70. The molecule has 122 valence electrons. The zero-order valence-electron chi connectivity index (χ0n) is 13.8. The lowest BCUT2D eigenvalue weighted by atomic mass is 9.45. The summed E-state index contributed by atoms with van der Waals surface area (Å²) < 4.78 is 5.86. The molecule has 0 aromatic carbocycles.